The molecule has 20 heavy (non-hydrogen) atoms. The van der Waals surface area contributed by atoms with Gasteiger partial charge in [-0.05, 0) is 44.0 Å². The number of nitrogens with two attached hydrogens (primary N) is 1. The zero-order valence-corrected chi connectivity index (χ0v) is 12.9. The van der Waals surface area contributed by atoms with E-state index in [9.17, 15) is 8.42 Å². The van der Waals surface area contributed by atoms with E-state index in [1.807, 2.05) is 6.07 Å². The molecule has 1 heterocycles. The Balaban J connectivity index is 2.41. The Morgan fingerprint density at radius 1 is 1.45 bits per heavy atom. The second-order valence-electron chi connectivity index (χ2n) is 5.30. The molecule has 6 heteroatoms. The highest BCUT2D eigenvalue weighted by Gasteiger charge is 2.25. The van der Waals surface area contributed by atoms with Crippen molar-refractivity contribution in [2.75, 3.05) is 30.8 Å². The highest BCUT2D eigenvalue weighted by molar-refractivity contribution is 7.89. The predicted octanol–water partition coefficient (Wildman–Crippen LogP) is 1.80. The fourth-order valence-electron chi connectivity index (χ4n) is 2.73. The van der Waals surface area contributed by atoms with Gasteiger partial charge in [-0.2, -0.15) is 0 Å². The fourth-order valence-corrected chi connectivity index (χ4v) is 3.72. The molecule has 0 aromatic heterocycles. The van der Waals surface area contributed by atoms with Crippen molar-refractivity contribution in [3.63, 3.8) is 0 Å². The third kappa shape index (κ3) is 3.07. The van der Waals surface area contributed by atoms with E-state index in [0.29, 0.717) is 11.6 Å². The molecular formula is C14H23N3O2S. The van der Waals surface area contributed by atoms with Crippen molar-refractivity contribution >= 4 is 21.4 Å². The maximum atomic E-state index is 12.2. The molecule has 1 atom stereocenters. The minimum absolute atomic E-state index is 0.275. The van der Waals surface area contributed by atoms with Gasteiger partial charge in [0.2, 0.25) is 10.0 Å². The first-order valence-corrected chi connectivity index (χ1v) is 8.54. The normalized spacial score (nSPS) is 20.1. The van der Waals surface area contributed by atoms with Crippen LogP contribution in [-0.4, -0.2) is 28.6 Å². The zero-order valence-electron chi connectivity index (χ0n) is 12.1. The third-order valence-electron chi connectivity index (χ3n) is 3.98. The van der Waals surface area contributed by atoms with E-state index in [4.69, 9.17) is 5.73 Å². The maximum Gasteiger partial charge on any atom is 0.242 e. The number of hydrogen-bond acceptors (Lipinski definition) is 4. The van der Waals surface area contributed by atoms with Crippen molar-refractivity contribution in [3.8, 4) is 0 Å². The molecule has 0 saturated carbocycles. The van der Waals surface area contributed by atoms with Crippen molar-refractivity contribution in [1.29, 1.82) is 0 Å². The van der Waals surface area contributed by atoms with Crippen molar-refractivity contribution in [2.24, 2.45) is 5.92 Å². The van der Waals surface area contributed by atoms with Crippen LogP contribution in [-0.2, 0) is 10.0 Å². The van der Waals surface area contributed by atoms with Crippen molar-refractivity contribution in [2.45, 2.75) is 31.1 Å². The van der Waals surface area contributed by atoms with Crippen molar-refractivity contribution < 1.29 is 8.42 Å². The van der Waals surface area contributed by atoms with E-state index < -0.39 is 10.0 Å². The molecule has 5 nitrogen and oxygen atoms in total. The summed E-state index contributed by atoms with van der Waals surface area (Å²) in [5.74, 6) is 0.631. The first-order chi connectivity index (χ1) is 9.47. The molecule has 0 radical (unpaired) electrons. The highest BCUT2D eigenvalue weighted by Crippen LogP contribution is 2.31. The van der Waals surface area contributed by atoms with Crippen LogP contribution in [0.5, 0.6) is 0 Å². The summed E-state index contributed by atoms with van der Waals surface area (Å²) in [6.07, 6.45) is 3.44. The molecule has 0 spiro atoms. The SMILES string of the molecule is CCC1CCCN(c2ccc(N)cc2S(=O)(=O)NC)C1. The van der Waals surface area contributed by atoms with Gasteiger partial charge < -0.3 is 10.6 Å². The van der Waals surface area contributed by atoms with Crippen LogP contribution in [0.3, 0.4) is 0 Å². The molecule has 1 aliphatic rings. The number of piperidine rings is 1. The van der Waals surface area contributed by atoms with Gasteiger partial charge in [0, 0.05) is 18.8 Å². The van der Waals surface area contributed by atoms with Crippen LogP contribution in [0.4, 0.5) is 11.4 Å². The van der Waals surface area contributed by atoms with Gasteiger partial charge in [-0.25, -0.2) is 13.1 Å². The Labute approximate surface area is 121 Å². The number of anilines is 2. The lowest BCUT2D eigenvalue weighted by atomic mass is 9.95. The third-order valence-corrected chi connectivity index (χ3v) is 5.42. The summed E-state index contributed by atoms with van der Waals surface area (Å²) in [5.41, 5.74) is 6.97. The van der Waals surface area contributed by atoms with Gasteiger partial charge in [-0.15, -0.1) is 0 Å². The molecule has 1 fully saturated rings. The monoisotopic (exact) mass is 297 g/mol. The lowest BCUT2D eigenvalue weighted by Crippen LogP contribution is -2.36. The van der Waals surface area contributed by atoms with Gasteiger partial charge in [-0.3, -0.25) is 0 Å². The number of nitrogen functional groups attached to an aromatic ring is 1. The van der Waals surface area contributed by atoms with Gasteiger partial charge in [0.15, 0.2) is 0 Å². The minimum Gasteiger partial charge on any atom is -0.399 e. The molecule has 0 aliphatic carbocycles. The molecule has 3 N–H and O–H groups in total. The average Bonchev–Trinajstić information content (AvgIpc) is 2.47. The second kappa shape index (κ2) is 6.01. The smallest absolute Gasteiger partial charge is 0.242 e. The zero-order chi connectivity index (χ0) is 14.8. The molecule has 0 amide bonds. The van der Waals surface area contributed by atoms with E-state index in [1.165, 1.54) is 19.5 Å². The number of hydrogen-bond donors (Lipinski definition) is 2. The molecule has 0 bridgehead atoms. The van der Waals surface area contributed by atoms with Gasteiger partial charge in [-0.1, -0.05) is 13.3 Å². The second-order valence-corrected chi connectivity index (χ2v) is 7.15. The number of benzene rings is 1. The average molecular weight is 297 g/mol. The minimum atomic E-state index is -3.50. The molecule has 112 valence electrons. The van der Waals surface area contributed by atoms with Gasteiger partial charge in [0.25, 0.3) is 0 Å². The van der Waals surface area contributed by atoms with E-state index in [1.54, 1.807) is 6.07 Å². The number of sulfonamides is 1. The summed E-state index contributed by atoms with van der Waals surface area (Å²) in [4.78, 5) is 2.44. The summed E-state index contributed by atoms with van der Waals surface area (Å²) in [6.45, 7) is 3.99. The van der Waals surface area contributed by atoms with Gasteiger partial charge in [0.05, 0.1) is 5.69 Å². The van der Waals surface area contributed by atoms with Crippen LogP contribution in [0.25, 0.3) is 0 Å². The topological polar surface area (TPSA) is 75.4 Å². The van der Waals surface area contributed by atoms with Crippen molar-refractivity contribution in [3.05, 3.63) is 18.2 Å². The van der Waals surface area contributed by atoms with Gasteiger partial charge in [0.1, 0.15) is 4.90 Å². The Morgan fingerprint density at radius 3 is 2.85 bits per heavy atom. The van der Waals surface area contributed by atoms with Crippen LogP contribution >= 0.6 is 0 Å². The summed E-state index contributed by atoms with van der Waals surface area (Å²) in [7, 11) is -2.07. The van der Waals surface area contributed by atoms with E-state index in [0.717, 1.165) is 31.6 Å². The molecule has 1 saturated heterocycles. The van der Waals surface area contributed by atoms with Crippen molar-refractivity contribution in [1.82, 2.24) is 4.72 Å². The summed E-state index contributed by atoms with van der Waals surface area (Å²) < 4.78 is 26.7. The first kappa shape index (κ1) is 15.1. The Bertz CT molecular complexity index is 572. The van der Waals surface area contributed by atoms with E-state index in [2.05, 4.69) is 16.5 Å². The lowest BCUT2D eigenvalue weighted by molar-refractivity contribution is 0.403. The molecule has 1 aliphatic heterocycles. The van der Waals surface area contributed by atoms with Crippen LogP contribution in [0.2, 0.25) is 0 Å². The van der Waals surface area contributed by atoms with Gasteiger partial charge >= 0.3 is 0 Å². The Kier molecular flexibility index (Phi) is 4.55. The summed E-state index contributed by atoms with van der Waals surface area (Å²) in [6, 6.07) is 5.12. The standard InChI is InChI=1S/C14H23N3O2S/c1-3-11-5-4-8-17(10-11)13-7-6-12(15)9-14(13)20(18,19)16-2/h6-7,9,11,16H,3-5,8,10,15H2,1-2H3. The van der Waals surface area contributed by atoms with Crippen LogP contribution in [0.15, 0.2) is 23.1 Å². The van der Waals surface area contributed by atoms with E-state index in [-0.39, 0.29) is 4.90 Å². The number of nitrogens with one attached hydrogen (secondary N) is 1. The Hall–Kier alpha value is -1.27. The number of nitrogens with zero attached hydrogens (tertiary/aromatic N) is 1. The van der Waals surface area contributed by atoms with Crippen LogP contribution in [0.1, 0.15) is 26.2 Å². The summed E-state index contributed by atoms with van der Waals surface area (Å²) in [5, 5.41) is 0. The van der Waals surface area contributed by atoms with Crippen LogP contribution < -0.4 is 15.4 Å². The molecular weight excluding hydrogens is 274 g/mol. The molecule has 2 rings (SSSR count). The fraction of sp³-hybridized carbons (Fsp3) is 0.571. The van der Waals surface area contributed by atoms with Crippen LogP contribution in [0, 0.1) is 5.92 Å². The highest BCUT2D eigenvalue weighted by atomic mass is 32.2. The quantitative estimate of drug-likeness (QED) is 0.831. The predicted molar refractivity (Wildman–Crippen MR) is 82.3 cm³/mol. The first-order valence-electron chi connectivity index (χ1n) is 7.06. The molecule has 1 aromatic carbocycles. The largest absolute Gasteiger partial charge is 0.399 e. The number of rotatable bonds is 4. The molecule has 1 unspecified atom stereocenters. The molecule has 1 aromatic rings. The summed E-state index contributed by atoms with van der Waals surface area (Å²) >= 11 is 0. The van der Waals surface area contributed by atoms with E-state index >= 15 is 0 Å². The lowest BCUT2D eigenvalue weighted by Gasteiger charge is -2.35. The maximum absolute atomic E-state index is 12.2. The Morgan fingerprint density at radius 2 is 2.20 bits per heavy atom.